The monoisotopic (exact) mass is 317 g/mol. The van der Waals surface area contributed by atoms with E-state index < -0.39 is 0 Å². The lowest BCUT2D eigenvalue weighted by atomic mass is 10.00. The fourth-order valence-corrected chi connectivity index (χ4v) is 3.61. The summed E-state index contributed by atoms with van der Waals surface area (Å²) in [6.45, 7) is 7.04. The molecule has 6 heteroatoms. The van der Waals surface area contributed by atoms with Gasteiger partial charge in [-0.15, -0.1) is 0 Å². The summed E-state index contributed by atoms with van der Waals surface area (Å²) in [5.74, 6) is 1.04. The molecule has 0 spiro atoms. The fourth-order valence-electron chi connectivity index (χ4n) is 3.61. The number of carbonyl (C=O) groups excluding carboxylic acids is 1. The Morgan fingerprint density at radius 2 is 1.87 bits per heavy atom. The first-order chi connectivity index (χ1) is 11.3. The quantitative estimate of drug-likeness (QED) is 0.840. The molecule has 3 heterocycles. The van der Waals surface area contributed by atoms with Crippen molar-refractivity contribution in [1.82, 2.24) is 19.8 Å². The Morgan fingerprint density at radius 1 is 1.13 bits per heavy atom. The van der Waals surface area contributed by atoms with Gasteiger partial charge < -0.3 is 9.80 Å². The van der Waals surface area contributed by atoms with E-state index in [0.717, 1.165) is 45.1 Å². The highest BCUT2D eigenvalue weighted by molar-refractivity contribution is 5.78. The molecule has 2 aliphatic rings. The second-order valence-electron chi connectivity index (χ2n) is 6.44. The number of piperazine rings is 1. The van der Waals surface area contributed by atoms with Crippen molar-refractivity contribution in [2.45, 2.75) is 38.6 Å². The van der Waals surface area contributed by atoms with Gasteiger partial charge in [-0.25, -0.2) is 9.97 Å². The van der Waals surface area contributed by atoms with Crippen molar-refractivity contribution >= 4 is 11.9 Å². The van der Waals surface area contributed by atoms with E-state index >= 15 is 0 Å². The van der Waals surface area contributed by atoms with Gasteiger partial charge in [0.1, 0.15) is 0 Å². The average molecular weight is 317 g/mol. The Balaban J connectivity index is 1.50. The Kier molecular flexibility index (Phi) is 5.43. The van der Waals surface area contributed by atoms with E-state index in [1.807, 2.05) is 11.0 Å². The normalized spacial score (nSPS) is 23.1. The number of hydrogen-bond acceptors (Lipinski definition) is 5. The fraction of sp³-hybridized carbons (Fsp3) is 0.706. The van der Waals surface area contributed by atoms with Crippen molar-refractivity contribution in [2.75, 3.05) is 44.2 Å². The van der Waals surface area contributed by atoms with Gasteiger partial charge in [-0.1, -0.05) is 13.3 Å². The van der Waals surface area contributed by atoms with Crippen LogP contribution in [0.4, 0.5) is 5.95 Å². The molecule has 0 bridgehead atoms. The molecular formula is C17H27N5O. The second-order valence-corrected chi connectivity index (χ2v) is 6.44. The van der Waals surface area contributed by atoms with Crippen molar-refractivity contribution in [3.8, 4) is 0 Å². The Bertz CT molecular complexity index is 501. The lowest BCUT2D eigenvalue weighted by Crippen LogP contribution is -2.53. The molecule has 1 aromatic rings. The summed E-state index contributed by atoms with van der Waals surface area (Å²) in [5.41, 5.74) is 0. The van der Waals surface area contributed by atoms with Gasteiger partial charge in [0.05, 0.1) is 6.54 Å². The van der Waals surface area contributed by atoms with Crippen LogP contribution in [0.5, 0.6) is 0 Å². The summed E-state index contributed by atoms with van der Waals surface area (Å²) in [5, 5.41) is 0. The van der Waals surface area contributed by atoms with Gasteiger partial charge in [-0.3, -0.25) is 9.69 Å². The molecule has 0 saturated carbocycles. The van der Waals surface area contributed by atoms with E-state index in [0.29, 0.717) is 12.6 Å². The molecule has 0 aromatic carbocycles. The highest BCUT2D eigenvalue weighted by atomic mass is 16.2. The summed E-state index contributed by atoms with van der Waals surface area (Å²) < 4.78 is 0. The van der Waals surface area contributed by atoms with Crippen molar-refractivity contribution in [2.24, 2.45) is 0 Å². The molecule has 2 aliphatic heterocycles. The third kappa shape index (κ3) is 3.99. The number of nitrogens with zero attached hydrogens (tertiary/aromatic N) is 5. The Morgan fingerprint density at radius 3 is 2.57 bits per heavy atom. The molecule has 3 rings (SSSR count). The molecule has 0 radical (unpaired) electrons. The average Bonchev–Trinajstić information content (AvgIpc) is 2.63. The van der Waals surface area contributed by atoms with E-state index in [1.165, 1.54) is 19.3 Å². The molecule has 23 heavy (non-hydrogen) atoms. The molecule has 0 N–H and O–H groups in total. The van der Waals surface area contributed by atoms with E-state index in [4.69, 9.17) is 0 Å². The lowest BCUT2D eigenvalue weighted by Gasteiger charge is -2.38. The number of aromatic nitrogens is 2. The molecule has 1 aromatic heterocycles. The third-order valence-electron chi connectivity index (χ3n) is 5.03. The molecule has 126 valence electrons. The van der Waals surface area contributed by atoms with E-state index in [1.54, 1.807) is 12.4 Å². The predicted octanol–water partition coefficient (Wildman–Crippen LogP) is 1.39. The van der Waals surface area contributed by atoms with Crippen molar-refractivity contribution < 1.29 is 4.79 Å². The number of carbonyl (C=O) groups is 1. The summed E-state index contributed by atoms with van der Waals surface area (Å²) >= 11 is 0. The molecule has 1 amide bonds. The minimum Gasteiger partial charge on any atom is -0.338 e. The number of rotatable bonds is 4. The van der Waals surface area contributed by atoms with E-state index in [2.05, 4.69) is 26.7 Å². The first-order valence-corrected chi connectivity index (χ1v) is 8.81. The van der Waals surface area contributed by atoms with Gasteiger partial charge in [0.25, 0.3) is 0 Å². The molecule has 6 nitrogen and oxygen atoms in total. The molecule has 1 atom stereocenters. The van der Waals surface area contributed by atoms with Crippen molar-refractivity contribution in [3.63, 3.8) is 0 Å². The number of likely N-dealkylation sites (tertiary alicyclic amines) is 1. The van der Waals surface area contributed by atoms with Crippen LogP contribution in [-0.2, 0) is 4.79 Å². The van der Waals surface area contributed by atoms with Crippen LogP contribution in [0.3, 0.4) is 0 Å². The Hall–Kier alpha value is -1.69. The van der Waals surface area contributed by atoms with Crippen LogP contribution >= 0.6 is 0 Å². The van der Waals surface area contributed by atoms with Gasteiger partial charge in [0.2, 0.25) is 11.9 Å². The molecule has 2 saturated heterocycles. The van der Waals surface area contributed by atoms with Crippen LogP contribution in [0.2, 0.25) is 0 Å². The second kappa shape index (κ2) is 7.73. The molecular weight excluding hydrogens is 290 g/mol. The van der Waals surface area contributed by atoms with Crippen LogP contribution in [0, 0.1) is 0 Å². The largest absolute Gasteiger partial charge is 0.338 e. The summed E-state index contributed by atoms with van der Waals surface area (Å²) in [6, 6.07) is 2.41. The third-order valence-corrected chi connectivity index (χ3v) is 5.03. The van der Waals surface area contributed by atoms with E-state index in [9.17, 15) is 4.79 Å². The maximum Gasteiger partial charge on any atom is 0.236 e. The topological polar surface area (TPSA) is 52.6 Å². The van der Waals surface area contributed by atoms with Gasteiger partial charge >= 0.3 is 0 Å². The number of hydrogen-bond donors (Lipinski definition) is 0. The van der Waals surface area contributed by atoms with Crippen LogP contribution in [0.1, 0.15) is 32.6 Å². The maximum atomic E-state index is 12.6. The summed E-state index contributed by atoms with van der Waals surface area (Å²) in [4.78, 5) is 27.7. The van der Waals surface area contributed by atoms with Gasteiger partial charge in [-0.05, 0) is 31.9 Å². The van der Waals surface area contributed by atoms with Crippen molar-refractivity contribution in [3.05, 3.63) is 18.5 Å². The minimum atomic E-state index is 0.277. The van der Waals surface area contributed by atoms with E-state index in [-0.39, 0.29) is 5.91 Å². The Labute approximate surface area is 138 Å². The number of piperidine rings is 1. The molecule has 1 unspecified atom stereocenters. The zero-order valence-electron chi connectivity index (χ0n) is 14.0. The molecule has 0 aliphatic carbocycles. The first-order valence-electron chi connectivity index (χ1n) is 8.81. The zero-order valence-corrected chi connectivity index (χ0v) is 14.0. The summed E-state index contributed by atoms with van der Waals surface area (Å²) in [7, 11) is 0. The van der Waals surface area contributed by atoms with Gasteiger partial charge in [0, 0.05) is 44.6 Å². The van der Waals surface area contributed by atoms with Crippen LogP contribution < -0.4 is 4.90 Å². The SMILES string of the molecule is CCC1CCCCN1CC(=O)N1CCN(c2ncccn2)CC1. The highest BCUT2D eigenvalue weighted by Crippen LogP contribution is 2.19. The number of anilines is 1. The molecule has 2 fully saturated rings. The van der Waals surface area contributed by atoms with Crippen LogP contribution in [-0.4, -0.2) is 71.0 Å². The van der Waals surface area contributed by atoms with Crippen LogP contribution in [0.25, 0.3) is 0 Å². The van der Waals surface area contributed by atoms with Crippen molar-refractivity contribution in [1.29, 1.82) is 0 Å². The lowest BCUT2D eigenvalue weighted by molar-refractivity contribution is -0.133. The predicted molar refractivity (Wildman–Crippen MR) is 90.3 cm³/mol. The zero-order chi connectivity index (χ0) is 16.1. The highest BCUT2D eigenvalue weighted by Gasteiger charge is 2.27. The maximum absolute atomic E-state index is 12.6. The first kappa shape index (κ1) is 16.2. The number of amides is 1. The smallest absolute Gasteiger partial charge is 0.236 e. The van der Waals surface area contributed by atoms with Gasteiger partial charge in [0.15, 0.2) is 0 Å². The minimum absolute atomic E-state index is 0.277. The summed E-state index contributed by atoms with van der Waals surface area (Å²) in [6.07, 6.45) is 8.44. The standard InChI is InChI=1S/C17H27N5O/c1-2-15-6-3-4-9-22(15)14-16(23)20-10-12-21(13-11-20)17-18-7-5-8-19-17/h5,7-8,15H,2-4,6,9-14H2,1H3. The van der Waals surface area contributed by atoms with Crippen LogP contribution in [0.15, 0.2) is 18.5 Å². The van der Waals surface area contributed by atoms with Gasteiger partial charge in [-0.2, -0.15) is 0 Å².